The Kier molecular flexibility index (Phi) is 6.81. The van der Waals surface area contributed by atoms with Gasteiger partial charge in [-0.25, -0.2) is 4.79 Å². The fraction of sp³-hybridized carbons (Fsp3) is 0.941. The minimum Gasteiger partial charge on any atom is -0.465 e. The molecular weight excluding hydrogens is 264 g/mol. The van der Waals surface area contributed by atoms with Crippen LogP contribution in [0.15, 0.2) is 0 Å². The van der Waals surface area contributed by atoms with Crippen LogP contribution in [0.3, 0.4) is 0 Å². The summed E-state index contributed by atoms with van der Waals surface area (Å²) in [6.07, 6.45) is 11.2. The highest BCUT2D eigenvalue weighted by Gasteiger charge is 2.23. The number of likely N-dealkylation sites (tertiary alicyclic amines) is 1. The van der Waals surface area contributed by atoms with E-state index in [-0.39, 0.29) is 0 Å². The van der Waals surface area contributed by atoms with Gasteiger partial charge in [-0.15, -0.1) is 0 Å². The van der Waals surface area contributed by atoms with Gasteiger partial charge < -0.3 is 14.9 Å². The number of amides is 1. The smallest absolute Gasteiger partial charge is 0.407 e. The van der Waals surface area contributed by atoms with E-state index in [0.29, 0.717) is 5.92 Å². The van der Waals surface area contributed by atoms with Crippen LogP contribution in [0.5, 0.6) is 0 Å². The fourth-order valence-corrected chi connectivity index (χ4v) is 3.95. The molecule has 2 fully saturated rings. The molecule has 0 spiro atoms. The van der Waals surface area contributed by atoms with Gasteiger partial charge >= 0.3 is 6.09 Å². The molecular formula is C17H32N2O2. The van der Waals surface area contributed by atoms with Gasteiger partial charge in [0.15, 0.2) is 0 Å². The first kappa shape index (κ1) is 16.6. The van der Waals surface area contributed by atoms with E-state index in [1.807, 2.05) is 0 Å². The molecule has 1 saturated carbocycles. The first-order valence-electron chi connectivity index (χ1n) is 8.81. The van der Waals surface area contributed by atoms with Crippen LogP contribution >= 0.6 is 0 Å². The van der Waals surface area contributed by atoms with Gasteiger partial charge in [-0.1, -0.05) is 19.3 Å². The van der Waals surface area contributed by atoms with Gasteiger partial charge in [-0.05, 0) is 70.0 Å². The molecule has 2 rings (SSSR count). The first-order chi connectivity index (χ1) is 10.1. The Morgan fingerprint density at radius 1 is 1.10 bits per heavy atom. The zero-order valence-corrected chi connectivity index (χ0v) is 13.6. The summed E-state index contributed by atoms with van der Waals surface area (Å²) in [6.45, 7) is 4.64. The van der Waals surface area contributed by atoms with E-state index in [0.717, 1.165) is 12.5 Å². The number of nitrogens with zero attached hydrogens (tertiary/aromatic N) is 2. The molecule has 4 nitrogen and oxygen atoms in total. The molecule has 0 atom stereocenters. The second-order valence-corrected chi connectivity index (χ2v) is 7.09. The molecule has 0 unspecified atom stereocenters. The first-order valence-corrected chi connectivity index (χ1v) is 8.81. The van der Waals surface area contributed by atoms with E-state index in [9.17, 15) is 4.79 Å². The maximum Gasteiger partial charge on any atom is 0.407 e. The van der Waals surface area contributed by atoms with Gasteiger partial charge in [-0.2, -0.15) is 0 Å². The molecule has 0 aromatic rings. The standard InChI is InChI=1S/C17H32N2O2/c1-18(17(20)21)14-16-9-7-15(8-10-16)6-5-13-19-11-3-2-4-12-19/h15-16H,2-14H2,1H3,(H,20,21). The van der Waals surface area contributed by atoms with Crippen molar-refractivity contribution in [2.75, 3.05) is 33.2 Å². The Bertz CT molecular complexity index is 308. The summed E-state index contributed by atoms with van der Waals surface area (Å²) >= 11 is 0. The largest absolute Gasteiger partial charge is 0.465 e. The lowest BCUT2D eigenvalue weighted by Gasteiger charge is -2.31. The van der Waals surface area contributed by atoms with Crippen molar-refractivity contribution in [2.45, 2.75) is 57.8 Å². The third kappa shape index (κ3) is 5.85. The molecule has 1 amide bonds. The van der Waals surface area contributed by atoms with Crippen molar-refractivity contribution in [2.24, 2.45) is 11.8 Å². The topological polar surface area (TPSA) is 43.8 Å². The van der Waals surface area contributed by atoms with Gasteiger partial charge in [-0.3, -0.25) is 0 Å². The highest BCUT2D eigenvalue weighted by molar-refractivity contribution is 5.64. The van der Waals surface area contributed by atoms with Crippen LogP contribution in [-0.4, -0.2) is 54.2 Å². The lowest BCUT2D eigenvalue weighted by molar-refractivity contribution is 0.138. The number of hydrogen-bond acceptors (Lipinski definition) is 2. The Morgan fingerprint density at radius 3 is 2.33 bits per heavy atom. The minimum absolute atomic E-state index is 0.587. The Balaban J connectivity index is 1.55. The van der Waals surface area contributed by atoms with E-state index in [4.69, 9.17) is 5.11 Å². The third-order valence-electron chi connectivity index (χ3n) is 5.36. The van der Waals surface area contributed by atoms with E-state index < -0.39 is 6.09 Å². The Labute approximate surface area is 129 Å². The van der Waals surface area contributed by atoms with Gasteiger partial charge in [0.05, 0.1) is 0 Å². The second-order valence-electron chi connectivity index (χ2n) is 7.09. The predicted molar refractivity (Wildman–Crippen MR) is 85.6 cm³/mol. The number of hydrogen-bond donors (Lipinski definition) is 1. The number of rotatable bonds is 6. The number of carbonyl (C=O) groups is 1. The van der Waals surface area contributed by atoms with Gasteiger partial charge in [0.1, 0.15) is 0 Å². The van der Waals surface area contributed by atoms with Crippen molar-refractivity contribution in [3.8, 4) is 0 Å². The molecule has 0 aromatic carbocycles. The normalized spacial score (nSPS) is 27.5. The molecule has 1 aliphatic carbocycles. The maximum absolute atomic E-state index is 10.9. The van der Waals surface area contributed by atoms with Crippen molar-refractivity contribution in [1.29, 1.82) is 0 Å². The maximum atomic E-state index is 10.9. The quantitative estimate of drug-likeness (QED) is 0.813. The summed E-state index contributed by atoms with van der Waals surface area (Å²) in [5.74, 6) is 1.48. The highest BCUT2D eigenvalue weighted by atomic mass is 16.4. The van der Waals surface area contributed by atoms with Crippen LogP contribution in [0.2, 0.25) is 0 Å². The molecule has 1 saturated heterocycles. The summed E-state index contributed by atoms with van der Waals surface area (Å²) in [7, 11) is 1.69. The Morgan fingerprint density at radius 2 is 1.71 bits per heavy atom. The third-order valence-corrected chi connectivity index (χ3v) is 5.36. The lowest BCUT2D eigenvalue weighted by atomic mass is 9.80. The molecule has 122 valence electrons. The summed E-state index contributed by atoms with van der Waals surface area (Å²) in [6, 6.07) is 0. The number of piperidine rings is 1. The lowest BCUT2D eigenvalue weighted by Crippen LogP contribution is -2.32. The van der Waals surface area contributed by atoms with E-state index >= 15 is 0 Å². The molecule has 4 heteroatoms. The molecule has 0 bridgehead atoms. The summed E-state index contributed by atoms with van der Waals surface area (Å²) < 4.78 is 0. The summed E-state index contributed by atoms with van der Waals surface area (Å²) in [5.41, 5.74) is 0. The molecule has 0 radical (unpaired) electrons. The van der Waals surface area contributed by atoms with Crippen molar-refractivity contribution in [1.82, 2.24) is 9.80 Å². The van der Waals surface area contributed by atoms with Crippen LogP contribution in [0.25, 0.3) is 0 Å². The van der Waals surface area contributed by atoms with E-state index in [1.54, 1.807) is 7.05 Å². The molecule has 2 aliphatic rings. The van der Waals surface area contributed by atoms with Crippen molar-refractivity contribution >= 4 is 6.09 Å². The van der Waals surface area contributed by atoms with Crippen molar-refractivity contribution in [3.63, 3.8) is 0 Å². The van der Waals surface area contributed by atoms with Crippen LogP contribution in [0.1, 0.15) is 57.8 Å². The second kappa shape index (κ2) is 8.62. The van der Waals surface area contributed by atoms with Crippen LogP contribution in [0.4, 0.5) is 4.79 Å². The van der Waals surface area contributed by atoms with Crippen molar-refractivity contribution in [3.05, 3.63) is 0 Å². The highest BCUT2D eigenvalue weighted by Crippen LogP contribution is 2.32. The fourth-order valence-electron chi connectivity index (χ4n) is 3.95. The van der Waals surface area contributed by atoms with E-state index in [1.165, 1.54) is 82.3 Å². The molecule has 0 aromatic heterocycles. The molecule has 21 heavy (non-hydrogen) atoms. The molecule has 1 N–H and O–H groups in total. The monoisotopic (exact) mass is 296 g/mol. The van der Waals surface area contributed by atoms with Crippen LogP contribution in [-0.2, 0) is 0 Å². The number of carboxylic acid groups (broad SMARTS) is 1. The van der Waals surface area contributed by atoms with Gasteiger partial charge in [0.25, 0.3) is 0 Å². The zero-order valence-electron chi connectivity index (χ0n) is 13.6. The van der Waals surface area contributed by atoms with Crippen molar-refractivity contribution < 1.29 is 9.90 Å². The van der Waals surface area contributed by atoms with Crippen LogP contribution < -0.4 is 0 Å². The minimum atomic E-state index is -0.793. The Hall–Kier alpha value is -0.770. The van der Waals surface area contributed by atoms with Crippen LogP contribution in [0, 0.1) is 11.8 Å². The molecule has 1 heterocycles. The zero-order chi connectivity index (χ0) is 15.1. The average molecular weight is 296 g/mol. The summed E-state index contributed by atoms with van der Waals surface area (Å²) in [5, 5.41) is 8.93. The summed E-state index contributed by atoms with van der Waals surface area (Å²) in [4.78, 5) is 14.9. The average Bonchev–Trinajstić information content (AvgIpc) is 2.50. The molecule has 1 aliphatic heterocycles. The van der Waals surface area contributed by atoms with Gasteiger partial charge in [0.2, 0.25) is 0 Å². The predicted octanol–water partition coefficient (Wildman–Crippen LogP) is 3.67. The van der Waals surface area contributed by atoms with E-state index in [2.05, 4.69) is 4.90 Å². The SMILES string of the molecule is CN(CC1CCC(CCCN2CCCCC2)CC1)C(=O)O. The van der Waals surface area contributed by atoms with Gasteiger partial charge in [0, 0.05) is 13.6 Å².